The Hall–Kier alpha value is -1.88. The van der Waals surface area contributed by atoms with E-state index in [1.54, 1.807) is 0 Å². The smallest absolute Gasteiger partial charge is 0.239 e. The Labute approximate surface area is 164 Å². The lowest BCUT2D eigenvalue weighted by atomic mass is 9.99. The van der Waals surface area contributed by atoms with Gasteiger partial charge < -0.3 is 10.2 Å². The number of carbonyl (C=O) groups is 2. The number of amides is 2. The minimum absolute atomic E-state index is 0.0853. The molecule has 1 saturated heterocycles. The first-order chi connectivity index (χ1) is 12.7. The summed E-state index contributed by atoms with van der Waals surface area (Å²) in [6.45, 7) is 11.1. The molecule has 1 N–H and O–H groups in total. The first-order valence-corrected chi connectivity index (χ1v) is 10.1. The molecular formula is C22H35N3O2. The van der Waals surface area contributed by atoms with Crippen molar-refractivity contribution in [2.75, 3.05) is 25.5 Å². The Morgan fingerprint density at radius 2 is 1.85 bits per heavy atom. The fourth-order valence-corrected chi connectivity index (χ4v) is 4.06. The van der Waals surface area contributed by atoms with Crippen LogP contribution in [0, 0.1) is 20.8 Å². The van der Waals surface area contributed by atoms with E-state index in [-0.39, 0.29) is 24.4 Å². The van der Waals surface area contributed by atoms with Crippen molar-refractivity contribution >= 4 is 17.5 Å². The summed E-state index contributed by atoms with van der Waals surface area (Å²) in [6, 6.07) is 4.18. The van der Waals surface area contributed by atoms with E-state index in [1.165, 1.54) is 12.0 Å². The molecule has 1 fully saturated rings. The molecule has 1 aromatic carbocycles. The normalized spacial score (nSPS) is 18.5. The molecule has 27 heavy (non-hydrogen) atoms. The van der Waals surface area contributed by atoms with Gasteiger partial charge in [0.25, 0.3) is 0 Å². The third kappa shape index (κ3) is 5.32. The molecule has 2 rings (SSSR count). The SMILES string of the molecule is CC[C@H]1CCCCN1C(=O)[C@@H](C)N(C)CC(=O)Nc1c(C)cc(C)cc1C. The van der Waals surface area contributed by atoms with Crippen molar-refractivity contribution in [3.8, 4) is 0 Å². The van der Waals surface area contributed by atoms with Gasteiger partial charge in [-0.2, -0.15) is 0 Å². The topological polar surface area (TPSA) is 52.7 Å². The van der Waals surface area contributed by atoms with Crippen LogP contribution in [-0.2, 0) is 9.59 Å². The largest absolute Gasteiger partial charge is 0.338 e. The van der Waals surface area contributed by atoms with Gasteiger partial charge >= 0.3 is 0 Å². The van der Waals surface area contributed by atoms with Gasteiger partial charge in [-0.25, -0.2) is 0 Å². The van der Waals surface area contributed by atoms with Crippen molar-refractivity contribution in [2.24, 2.45) is 0 Å². The maximum absolute atomic E-state index is 12.9. The van der Waals surface area contributed by atoms with Crippen LogP contribution < -0.4 is 5.32 Å². The monoisotopic (exact) mass is 373 g/mol. The quantitative estimate of drug-likeness (QED) is 0.828. The third-order valence-corrected chi connectivity index (χ3v) is 5.73. The van der Waals surface area contributed by atoms with Gasteiger partial charge in [0.2, 0.25) is 11.8 Å². The van der Waals surface area contributed by atoms with Crippen LogP contribution in [0.15, 0.2) is 12.1 Å². The molecule has 0 aliphatic carbocycles. The first-order valence-electron chi connectivity index (χ1n) is 10.1. The molecule has 2 atom stereocenters. The molecule has 2 amide bonds. The van der Waals surface area contributed by atoms with E-state index in [2.05, 4.69) is 31.3 Å². The fraction of sp³-hybridized carbons (Fsp3) is 0.636. The highest BCUT2D eigenvalue weighted by atomic mass is 16.2. The van der Waals surface area contributed by atoms with Crippen molar-refractivity contribution in [1.29, 1.82) is 0 Å². The summed E-state index contributed by atoms with van der Waals surface area (Å²) in [7, 11) is 1.85. The Morgan fingerprint density at radius 1 is 1.22 bits per heavy atom. The molecule has 1 aromatic rings. The molecule has 1 aliphatic rings. The van der Waals surface area contributed by atoms with Crippen molar-refractivity contribution in [2.45, 2.75) is 72.4 Å². The minimum Gasteiger partial charge on any atom is -0.338 e. The summed E-state index contributed by atoms with van der Waals surface area (Å²) in [4.78, 5) is 29.4. The van der Waals surface area contributed by atoms with Gasteiger partial charge in [0.1, 0.15) is 0 Å². The number of hydrogen-bond acceptors (Lipinski definition) is 3. The number of benzene rings is 1. The summed E-state index contributed by atoms with van der Waals surface area (Å²) in [6.07, 6.45) is 4.36. The van der Waals surface area contributed by atoms with Gasteiger partial charge in [-0.05, 0) is 71.6 Å². The average molecular weight is 374 g/mol. The molecule has 0 radical (unpaired) electrons. The zero-order valence-electron chi connectivity index (χ0n) is 17.8. The molecule has 150 valence electrons. The molecule has 0 aromatic heterocycles. The molecule has 1 aliphatic heterocycles. The van der Waals surface area contributed by atoms with Crippen LogP contribution >= 0.6 is 0 Å². The molecule has 0 unspecified atom stereocenters. The Kier molecular flexibility index (Phi) is 7.42. The van der Waals surface area contributed by atoms with Crippen LogP contribution in [0.4, 0.5) is 5.69 Å². The molecule has 0 bridgehead atoms. The van der Waals surface area contributed by atoms with Crippen LogP contribution in [0.3, 0.4) is 0 Å². The summed E-state index contributed by atoms with van der Waals surface area (Å²) in [5.74, 6) is 0.0532. The lowest BCUT2D eigenvalue weighted by Gasteiger charge is -2.38. The number of carbonyl (C=O) groups excluding carboxylic acids is 2. The lowest BCUT2D eigenvalue weighted by molar-refractivity contribution is -0.140. The Bertz CT molecular complexity index is 663. The van der Waals surface area contributed by atoms with Crippen LogP contribution in [0.2, 0.25) is 0 Å². The first kappa shape index (κ1) is 21.4. The van der Waals surface area contributed by atoms with E-state index in [0.717, 1.165) is 42.6 Å². The summed E-state index contributed by atoms with van der Waals surface area (Å²) in [5, 5.41) is 3.02. The van der Waals surface area contributed by atoms with Gasteiger partial charge in [0.15, 0.2) is 0 Å². The van der Waals surface area contributed by atoms with Gasteiger partial charge in [0.05, 0.1) is 12.6 Å². The van der Waals surface area contributed by atoms with Gasteiger partial charge in [-0.1, -0.05) is 24.6 Å². The molecule has 5 heteroatoms. The Balaban J connectivity index is 1.98. The number of piperidine rings is 1. The number of likely N-dealkylation sites (tertiary alicyclic amines) is 1. The molecule has 1 heterocycles. The summed E-state index contributed by atoms with van der Waals surface area (Å²) >= 11 is 0. The van der Waals surface area contributed by atoms with E-state index in [1.807, 2.05) is 37.6 Å². The summed E-state index contributed by atoms with van der Waals surface area (Å²) in [5.41, 5.74) is 4.19. The number of rotatable bonds is 6. The van der Waals surface area contributed by atoms with Crippen LogP contribution in [0.25, 0.3) is 0 Å². The third-order valence-electron chi connectivity index (χ3n) is 5.73. The number of likely N-dealkylation sites (N-methyl/N-ethyl adjacent to an activating group) is 1. The highest BCUT2D eigenvalue weighted by molar-refractivity contribution is 5.94. The predicted octanol–water partition coefficient (Wildman–Crippen LogP) is 3.66. The Morgan fingerprint density at radius 3 is 2.44 bits per heavy atom. The number of nitrogens with zero attached hydrogens (tertiary/aromatic N) is 2. The second kappa shape index (κ2) is 9.36. The summed E-state index contributed by atoms with van der Waals surface area (Å²) < 4.78 is 0. The molecule has 5 nitrogen and oxygen atoms in total. The maximum atomic E-state index is 12.9. The maximum Gasteiger partial charge on any atom is 0.239 e. The van der Waals surface area contributed by atoms with Gasteiger partial charge in [-0.3, -0.25) is 14.5 Å². The van der Waals surface area contributed by atoms with Gasteiger partial charge in [-0.15, -0.1) is 0 Å². The zero-order valence-corrected chi connectivity index (χ0v) is 17.8. The number of aryl methyl sites for hydroxylation is 3. The second-order valence-corrected chi connectivity index (χ2v) is 8.00. The van der Waals surface area contributed by atoms with E-state index >= 15 is 0 Å². The molecule has 0 saturated carbocycles. The minimum atomic E-state index is -0.303. The van der Waals surface area contributed by atoms with Crippen molar-refractivity contribution in [3.05, 3.63) is 28.8 Å². The van der Waals surface area contributed by atoms with Crippen molar-refractivity contribution in [1.82, 2.24) is 9.80 Å². The van der Waals surface area contributed by atoms with Crippen LogP contribution in [-0.4, -0.2) is 53.8 Å². The van der Waals surface area contributed by atoms with Crippen molar-refractivity contribution in [3.63, 3.8) is 0 Å². The van der Waals surface area contributed by atoms with E-state index in [9.17, 15) is 9.59 Å². The van der Waals surface area contributed by atoms with Crippen LogP contribution in [0.5, 0.6) is 0 Å². The highest BCUT2D eigenvalue weighted by Gasteiger charge is 2.30. The molecule has 0 spiro atoms. The average Bonchev–Trinajstić information content (AvgIpc) is 2.63. The standard InChI is InChI=1S/C22H35N3O2/c1-7-19-10-8-9-11-25(19)22(27)18(5)24(6)14-20(26)23-21-16(3)12-15(2)13-17(21)4/h12-13,18-19H,7-11,14H2,1-6H3,(H,23,26)/t18-,19+/m1/s1. The van der Waals surface area contributed by atoms with Crippen molar-refractivity contribution < 1.29 is 9.59 Å². The van der Waals surface area contributed by atoms with E-state index in [0.29, 0.717) is 6.04 Å². The number of anilines is 1. The predicted molar refractivity (Wildman–Crippen MR) is 111 cm³/mol. The van der Waals surface area contributed by atoms with E-state index < -0.39 is 0 Å². The second-order valence-electron chi connectivity index (χ2n) is 8.00. The fourth-order valence-electron chi connectivity index (χ4n) is 4.06. The van der Waals surface area contributed by atoms with E-state index in [4.69, 9.17) is 0 Å². The number of nitrogens with one attached hydrogen (secondary N) is 1. The zero-order chi connectivity index (χ0) is 20.1. The number of hydrogen-bond donors (Lipinski definition) is 1. The highest BCUT2D eigenvalue weighted by Crippen LogP contribution is 2.23. The lowest BCUT2D eigenvalue weighted by Crippen LogP contribution is -2.52. The van der Waals surface area contributed by atoms with Gasteiger partial charge in [0, 0.05) is 18.3 Å². The molecular weight excluding hydrogens is 338 g/mol. The van der Waals surface area contributed by atoms with Crippen LogP contribution in [0.1, 0.15) is 56.2 Å².